The molecule has 65 heavy (non-hydrogen) atoms. The lowest BCUT2D eigenvalue weighted by atomic mass is 9.93. The Morgan fingerprint density at radius 1 is 0.292 bits per heavy atom. The van der Waals surface area contributed by atoms with Crippen LogP contribution < -0.4 is 4.90 Å². The number of para-hydroxylation sites is 4. The Morgan fingerprint density at radius 2 is 0.846 bits per heavy atom. The van der Waals surface area contributed by atoms with Crippen LogP contribution in [0.3, 0.4) is 0 Å². The summed E-state index contributed by atoms with van der Waals surface area (Å²) in [5, 5.41) is 9.77. The molecule has 0 saturated carbocycles. The Bertz CT molecular complexity index is 3950. The second-order valence-electron chi connectivity index (χ2n) is 16.9. The maximum absolute atomic E-state index is 2.52. The average Bonchev–Trinajstić information content (AvgIpc) is 3.90. The minimum absolute atomic E-state index is 1.07. The van der Waals surface area contributed by atoms with Crippen LogP contribution in [0, 0.1) is 0 Å². The van der Waals surface area contributed by atoms with E-state index in [1.54, 1.807) is 0 Å². The highest BCUT2D eigenvalue weighted by molar-refractivity contribution is 6.17. The second kappa shape index (κ2) is 15.0. The summed E-state index contributed by atoms with van der Waals surface area (Å²) in [5.74, 6) is 0. The van der Waals surface area contributed by atoms with Gasteiger partial charge in [0.2, 0.25) is 0 Å². The molecule has 11 aromatic carbocycles. The molecule has 0 aliphatic rings. The highest BCUT2D eigenvalue weighted by atomic mass is 15.2. The fourth-order valence-corrected chi connectivity index (χ4v) is 10.4. The molecule has 0 amide bonds. The summed E-state index contributed by atoms with van der Waals surface area (Å²) in [6, 6.07) is 90.9. The molecule has 13 rings (SSSR count). The minimum Gasteiger partial charge on any atom is -0.309 e. The number of hydrogen-bond acceptors (Lipinski definition) is 1. The Morgan fingerprint density at radius 3 is 1.66 bits per heavy atom. The van der Waals surface area contributed by atoms with Crippen molar-refractivity contribution in [3.63, 3.8) is 0 Å². The van der Waals surface area contributed by atoms with Gasteiger partial charge in [-0.15, -0.1) is 0 Å². The Balaban J connectivity index is 1.11. The molecule has 0 radical (unpaired) electrons. The van der Waals surface area contributed by atoms with E-state index in [0.29, 0.717) is 0 Å². The van der Waals surface area contributed by atoms with E-state index in [2.05, 4.69) is 263 Å². The number of fused-ring (bicyclic) bond motifs is 8. The molecule has 2 aromatic heterocycles. The third-order valence-electron chi connectivity index (χ3n) is 13.3. The van der Waals surface area contributed by atoms with Gasteiger partial charge in [-0.05, 0) is 99.1 Å². The molecule has 3 nitrogen and oxygen atoms in total. The van der Waals surface area contributed by atoms with Gasteiger partial charge in [0.25, 0.3) is 0 Å². The van der Waals surface area contributed by atoms with Crippen molar-refractivity contribution in [1.29, 1.82) is 0 Å². The number of anilines is 3. The summed E-state index contributed by atoms with van der Waals surface area (Å²) in [4.78, 5) is 2.48. The van der Waals surface area contributed by atoms with Gasteiger partial charge in [-0.3, -0.25) is 0 Å². The SMILES string of the molecule is c1ccc(-c2cccc(N(c3ccc4c5ccccc5n(-c5ccccc5)c4c3)c3cccc4c5ccccc5n(-c5ccc(-c6cccc7ccccc67)c6ccccc56)c34)c2)cc1. The first kappa shape index (κ1) is 36.9. The van der Waals surface area contributed by atoms with Gasteiger partial charge in [-0.25, -0.2) is 0 Å². The van der Waals surface area contributed by atoms with Gasteiger partial charge in [0, 0.05) is 44.0 Å². The topological polar surface area (TPSA) is 13.1 Å². The van der Waals surface area contributed by atoms with Gasteiger partial charge < -0.3 is 14.0 Å². The predicted molar refractivity (Wildman–Crippen MR) is 276 cm³/mol. The van der Waals surface area contributed by atoms with E-state index in [-0.39, 0.29) is 0 Å². The van der Waals surface area contributed by atoms with Gasteiger partial charge in [-0.1, -0.05) is 188 Å². The van der Waals surface area contributed by atoms with E-state index in [1.165, 1.54) is 65.3 Å². The summed E-state index contributed by atoms with van der Waals surface area (Å²) < 4.78 is 4.93. The van der Waals surface area contributed by atoms with Crippen molar-refractivity contribution < 1.29 is 0 Å². The third kappa shape index (κ3) is 5.90. The summed E-state index contributed by atoms with van der Waals surface area (Å²) in [6.45, 7) is 0. The van der Waals surface area contributed by atoms with Crippen LogP contribution in [0.4, 0.5) is 17.1 Å². The lowest BCUT2D eigenvalue weighted by molar-refractivity contribution is 1.17. The molecule has 3 heteroatoms. The molecule has 0 fully saturated rings. The molecular weight excluding hydrogens is 787 g/mol. The molecule has 0 aliphatic carbocycles. The van der Waals surface area contributed by atoms with E-state index >= 15 is 0 Å². The highest BCUT2D eigenvalue weighted by Crippen LogP contribution is 2.47. The Labute approximate surface area is 376 Å². The van der Waals surface area contributed by atoms with Crippen molar-refractivity contribution in [3.8, 4) is 33.6 Å². The molecule has 0 aliphatic heterocycles. The largest absolute Gasteiger partial charge is 0.309 e. The Hall–Kier alpha value is -8.66. The highest BCUT2D eigenvalue weighted by Gasteiger charge is 2.24. The zero-order valence-corrected chi connectivity index (χ0v) is 35.5. The summed E-state index contributed by atoms with van der Waals surface area (Å²) in [6.07, 6.45) is 0. The van der Waals surface area contributed by atoms with Crippen molar-refractivity contribution in [3.05, 3.63) is 249 Å². The van der Waals surface area contributed by atoms with Crippen molar-refractivity contribution >= 4 is 82.2 Å². The molecule has 0 bridgehead atoms. The fourth-order valence-electron chi connectivity index (χ4n) is 10.4. The van der Waals surface area contributed by atoms with Crippen LogP contribution in [0.5, 0.6) is 0 Å². The average molecular weight is 828 g/mol. The number of benzene rings is 11. The zero-order valence-electron chi connectivity index (χ0n) is 35.5. The molecular formula is C62H41N3. The van der Waals surface area contributed by atoms with Gasteiger partial charge in [-0.2, -0.15) is 0 Å². The van der Waals surface area contributed by atoms with E-state index in [1.807, 2.05) is 0 Å². The van der Waals surface area contributed by atoms with Crippen LogP contribution >= 0.6 is 0 Å². The van der Waals surface area contributed by atoms with Gasteiger partial charge >= 0.3 is 0 Å². The third-order valence-corrected chi connectivity index (χ3v) is 13.3. The monoisotopic (exact) mass is 827 g/mol. The summed E-state index contributed by atoms with van der Waals surface area (Å²) in [5.41, 5.74) is 15.0. The molecule has 13 aromatic rings. The molecule has 0 N–H and O–H groups in total. The first-order chi connectivity index (χ1) is 32.3. The standard InChI is InChI=1S/C62H41N3/c1-3-18-42(19-4-1)44-22-15-25-46(40-44)63(47-36-37-55-53-29-11-13-33-57(53)64(61(55)41-47)45-23-5-2-6-24-45)60-35-17-32-56-54-30-12-14-34-58(54)65(62(56)60)59-39-38-51(50-27-9-10-28-52(50)59)49-31-16-21-43-20-7-8-26-48(43)49/h1-41H. The molecule has 2 heterocycles. The number of aromatic nitrogens is 2. The molecule has 0 saturated heterocycles. The molecule has 0 atom stereocenters. The van der Waals surface area contributed by atoms with Crippen LogP contribution in [0.2, 0.25) is 0 Å². The summed E-state index contributed by atoms with van der Waals surface area (Å²) in [7, 11) is 0. The van der Waals surface area contributed by atoms with E-state index in [9.17, 15) is 0 Å². The van der Waals surface area contributed by atoms with Crippen molar-refractivity contribution in [2.24, 2.45) is 0 Å². The molecule has 0 spiro atoms. The van der Waals surface area contributed by atoms with Gasteiger partial charge in [0.05, 0.1) is 33.4 Å². The maximum Gasteiger partial charge on any atom is 0.0782 e. The van der Waals surface area contributed by atoms with Crippen molar-refractivity contribution in [1.82, 2.24) is 9.13 Å². The predicted octanol–water partition coefficient (Wildman–Crippen LogP) is 17.0. The quantitative estimate of drug-likeness (QED) is 0.156. The summed E-state index contributed by atoms with van der Waals surface area (Å²) >= 11 is 0. The van der Waals surface area contributed by atoms with Crippen LogP contribution in [0.1, 0.15) is 0 Å². The molecule has 0 unspecified atom stereocenters. The Kier molecular flexibility index (Phi) is 8.53. The van der Waals surface area contributed by atoms with Crippen molar-refractivity contribution in [2.45, 2.75) is 0 Å². The van der Waals surface area contributed by atoms with Crippen molar-refractivity contribution in [2.75, 3.05) is 4.90 Å². The first-order valence-corrected chi connectivity index (χ1v) is 22.4. The normalized spacial score (nSPS) is 11.7. The van der Waals surface area contributed by atoms with E-state index in [4.69, 9.17) is 0 Å². The van der Waals surface area contributed by atoms with E-state index in [0.717, 1.165) is 50.6 Å². The van der Waals surface area contributed by atoms with Crippen LogP contribution in [0.15, 0.2) is 249 Å². The number of rotatable bonds is 7. The minimum atomic E-state index is 1.07. The lowest BCUT2D eigenvalue weighted by Gasteiger charge is -2.28. The number of hydrogen-bond donors (Lipinski definition) is 0. The lowest BCUT2D eigenvalue weighted by Crippen LogP contribution is -2.12. The fraction of sp³-hybridized carbons (Fsp3) is 0. The zero-order chi connectivity index (χ0) is 42.8. The van der Waals surface area contributed by atoms with Crippen LogP contribution in [0.25, 0.3) is 98.8 Å². The smallest absolute Gasteiger partial charge is 0.0782 e. The number of nitrogens with zero attached hydrogens (tertiary/aromatic N) is 3. The second-order valence-corrected chi connectivity index (χ2v) is 16.9. The van der Waals surface area contributed by atoms with Gasteiger partial charge in [0.15, 0.2) is 0 Å². The first-order valence-electron chi connectivity index (χ1n) is 22.4. The van der Waals surface area contributed by atoms with E-state index < -0.39 is 0 Å². The maximum atomic E-state index is 2.52. The van der Waals surface area contributed by atoms with Crippen LogP contribution in [-0.4, -0.2) is 9.13 Å². The van der Waals surface area contributed by atoms with Gasteiger partial charge in [0.1, 0.15) is 0 Å². The van der Waals surface area contributed by atoms with Crippen LogP contribution in [-0.2, 0) is 0 Å². The molecule has 304 valence electrons.